The van der Waals surface area contributed by atoms with E-state index < -0.39 is 0 Å². The fraction of sp³-hybridized carbons (Fsp3) is 0.190. The number of hydrogen-bond donors (Lipinski definition) is 4. The average Bonchev–Trinajstić information content (AvgIpc) is 3.10. The van der Waals surface area contributed by atoms with E-state index in [4.69, 9.17) is 4.74 Å². The summed E-state index contributed by atoms with van der Waals surface area (Å²) in [7, 11) is 0. The summed E-state index contributed by atoms with van der Waals surface area (Å²) in [6.45, 7) is 9.85. The number of benzene rings is 1. The van der Waals surface area contributed by atoms with Crippen LogP contribution in [0.4, 0.5) is 22.0 Å². The standard InChI is InChI=1S/C21H24N6O2/c1-4-6-16(5-2)26-21(28)27-17-9-7-15(8-10-17)11-12-22-19-18-20(24-13-23-19)29-14(3)25-18/h4-10,13-14,25H,1-2,11-12H2,3H3,(H,22,23,24)(H2,26,27,28)/b16-6+. The Morgan fingerprint density at radius 1 is 1.28 bits per heavy atom. The topological polar surface area (TPSA) is 100 Å². The Balaban J connectivity index is 1.50. The number of nitrogens with zero attached hydrogens (tertiary/aromatic N) is 2. The van der Waals surface area contributed by atoms with E-state index in [-0.39, 0.29) is 12.3 Å². The predicted octanol–water partition coefficient (Wildman–Crippen LogP) is 3.66. The molecule has 1 aromatic carbocycles. The quantitative estimate of drug-likeness (QED) is 0.512. The molecule has 0 spiro atoms. The van der Waals surface area contributed by atoms with Crippen molar-refractivity contribution in [3.8, 4) is 5.88 Å². The summed E-state index contributed by atoms with van der Waals surface area (Å²) in [6.07, 6.45) is 6.96. The third kappa shape index (κ3) is 5.35. The number of carbonyl (C=O) groups is 1. The number of aromatic nitrogens is 2. The van der Waals surface area contributed by atoms with E-state index >= 15 is 0 Å². The maximum Gasteiger partial charge on any atom is 0.323 e. The molecule has 1 aliphatic rings. The minimum absolute atomic E-state index is 0.116. The third-order valence-electron chi connectivity index (χ3n) is 4.14. The van der Waals surface area contributed by atoms with Crippen LogP contribution in [-0.4, -0.2) is 28.8 Å². The molecule has 8 heteroatoms. The molecule has 3 rings (SSSR count). The van der Waals surface area contributed by atoms with Gasteiger partial charge in [0.2, 0.25) is 5.88 Å². The van der Waals surface area contributed by atoms with Crippen LogP contribution in [0.15, 0.2) is 67.7 Å². The smallest absolute Gasteiger partial charge is 0.323 e. The van der Waals surface area contributed by atoms with Crippen molar-refractivity contribution in [1.29, 1.82) is 0 Å². The molecule has 0 saturated heterocycles. The number of carbonyl (C=O) groups excluding carboxylic acids is 1. The normalized spacial score (nSPS) is 14.8. The van der Waals surface area contributed by atoms with E-state index in [2.05, 4.69) is 44.4 Å². The third-order valence-corrected chi connectivity index (χ3v) is 4.14. The van der Waals surface area contributed by atoms with Crippen LogP contribution in [0.2, 0.25) is 0 Å². The number of allylic oxidation sites excluding steroid dienone is 3. The summed E-state index contributed by atoms with van der Waals surface area (Å²) in [5.41, 5.74) is 3.19. The van der Waals surface area contributed by atoms with Crippen LogP contribution in [0.1, 0.15) is 12.5 Å². The van der Waals surface area contributed by atoms with E-state index in [1.165, 1.54) is 6.33 Å². The van der Waals surface area contributed by atoms with Gasteiger partial charge < -0.3 is 26.0 Å². The summed E-state index contributed by atoms with van der Waals surface area (Å²) in [4.78, 5) is 20.4. The first kappa shape index (κ1) is 19.9. The van der Waals surface area contributed by atoms with Crippen LogP contribution in [0, 0.1) is 0 Å². The number of nitrogens with one attached hydrogen (secondary N) is 4. The second-order valence-electron chi connectivity index (χ2n) is 6.32. The van der Waals surface area contributed by atoms with Crippen LogP contribution < -0.4 is 26.0 Å². The maximum absolute atomic E-state index is 12.0. The molecule has 150 valence electrons. The lowest BCUT2D eigenvalue weighted by Crippen LogP contribution is -2.27. The first-order valence-electron chi connectivity index (χ1n) is 9.23. The minimum atomic E-state index is -0.339. The van der Waals surface area contributed by atoms with Crippen molar-refractivity contribution in [3.05, 3.63) is 73.2 Å². The van der Waals surface area contributed by atoms with Crippen LogP contribution in [0.5, 0.6) is 5.88 Å². The van der Waals surface area contributed by atoms with E-state index in [1.54, 1.807) is 18.2 Å². The molecular weight excluding hydrogens is 368 g/mol. The molecule has 8 nitrogen and oxygen atoms in total. The van der Waals surface area contributed by atoms with Crippen molar-refractivity contribution in [2.75, 3.05) is 22.5 Å². The Morgan fingerprint density at radius 2 is 2.07 bits per heavy atom. The SMILES string of the molecule is C=C/C=C(\C=C)NC(=O)Nc1ccc(CCNc2ncnc3c2NC(C)O3)cc1. The minimum Gasteiger partial charge on any atom is -0.452 e. The predicted molar refractivity (Wildman–Crippen MR) is 115 cm³/mol. The summed E-state index contributed by atoms with van der Waals surface area (Å²) in [5.74, 6) is 1.28. The summed E-state index contributed by atoms with van der Waals surface area (Å²) in [5, 5.41) is 12.0. The molecule has 1 aromatic heterocycles. The van der Waals surface area contributed by atoms with Crippen molar-refractivity contribution < 1.29 is 9.53 Å². The van der Waals surface area contributed by atoms with Crippen molar-refractivity contribution in [3.63, 3.8) is 0 Å². The van der Waals surface area contributed by atoms with Gasteiger partial charge in [-0.1, -0.05) is 31.4 Å². The van der Waals surface area contributed by atoms with Crippen molar-refractivity contribution in [2.45, 2.75) is 19.6 Å². The van der Waals surface area contributed by atoms with Gasteiger partial charge in [-0.05, 0) is 43.2 Å². The molecule has 2 amide bonds. The summed E-state index contributed by atoms with van der Waals surface area (Å²) >= 11 is 0. The number of amides is 2. The highest BCUT2D eigenvalue weighted by Gasteiger charge is 2.22. The van der Waals surface area contributed by atoms with E-state index in [1.807, 2.05) is 31.2 Å². The lowest BCUT2D eigenvalue weighted by Gasteiger charge is -2.10. The van der Waals surface area contributed by atoms with Gasteiger partial charge in [0, 0.05) is 17.9 Å². The molecule has 4 N–H and O–H groups in total. The fourth-order valence-electron chi connectivity index (χ4n) is 2.78. The van der Waals surface area contributed by atoms with Gasteiger partial charge in [0.15, 0.2) is 12.0 Å². The number of anilines is 3. The number of urea groups is 1. The molecular formula is C21H24N6O2. The van der Waals surface area contributed by atoms with Crippen molar-refractivity contribution in [2.24, 2.45) is 0 Å². The molecule has 2 heterocycles. The number of hydrogen-bond acceptors (Lipinski definition) is 6. The molecule has 0 bridgehead atoms. The highest BCUT2D eigenvalue weighted by molar-refractivity contribution is 5.90. The highest BCUT2D eigenvalue weighted by Crippen LogP contribution is 2.34. The second kappa shape index (κ2) is 9.41. The monoisotopic (exact) mass is 392 g/mol. The maximum atomic E-state index is 12.0. The van der Waals surface area contributed by atoms with Gasteiger partial charge in [0.05, 0.1) is 0 Å². The Hall–Kier alpha value is -3.81. The molecule has 1 unspecified atom stereocenters. The fourth-order valence-corrected chi connectivity index (χ4v) is 2.78. The largest absolute Gasteiger partial charge is 0.452 e. The van der Waals surface area contributed by atoms with E-state index in [9.17, 15) is 4.79 Å². The van der Waals surface area contributed by atoms with Crippen LogP contribution >= 0.6 is 0 Å². The molecule has 29 heavy (non-hydrogen) atoms. The van der Waals surface area contributed by atoms with Gasteiger partial charge in [0.25, 0.3) is 0 Å². The Morgan fingerprint density at radius 3 is 2.79 bits per heavy atom. The molecule has 0 aliphatic carbocycles. The first-order valence-corrected chi connectivity index (χ1v) is 9.23. The average molecular weight is 392 g/mol. The van der Waals surface area contributed by atoms with Gasteiger partial charge in [-0.15, -0.1) is 0 Å². The summed E-state index contributed by atoms with van der Waals surface area (Å²) < 4.78 is 5.55. The molecule has 1 atom stereocenters. The Labute approximate surface area is 169 Å². The molecule has 0 saturated carbocycles. The number of rotatable bonds is 8. The van der Waals surface area contributed by atoms with Gasteiger partial charge in [0.1, 0.15) is 12.0 Å². The zero-order valence-corrected chi connectivity index (χ0v) is 16.2. The number of fused-ring (bicyclic) bond motifs is 1. The van der Waals surface area contributed by atoms with Crippen LogP contribution in [0.3, 0.4) is 0 Å². The van der Waals surface area contributed by atoms with Gasteiger partial charge in [-0.25, -0.2) is 9.78 Å². The molecule has 0 radical (unpaired) electrons. The van der Waals surface area contributed by atoms with E-state index in [0.717, 1.165) is 23.5 Å². The number of ether oxygens (including phenoxy) is 1. The van der Waals surface area contributed by atoms with Crippen LogP contribution in [-0.2, 0) is 6.42 Å². The molecule has 1 aliphatic heterocycles. The van der Waals surface area contributed by atoms with Gasteiger partial charge in [-0.2, -0.15) is 4.98 Å². The Kier molecular flexibility index (Phi) is 6.47. The zero-order chi connectivity index (χ0) is 20.6. The first-order chi connectivity index (χ1) is 14.1. The lowest BCUT2D eigenvalue weighted by molar-refractivity contribution is 0.254. The van der Waals surface area contributed by atoms with Crippen molar-refractivity contribution >= 4 is 23.2 Å². The van der Waals surface area contributed by atoms with Crippen molar-refractivity contribution in [1.82, 2.24) is 15.3 Å². The van der Waals surface area contributed by atoms with Crippen LogP contribution in [0.25, 0.3) is 0 Å². The highest BCUT2D eigenvalue weighted by atomic mass is 16.5. The molecule has 0 fully saturated rings. The lowest BCUT2D eigenvalue weighted by atomic mass is 10.1. The summed E-state index contributed by atoms with van der Waals surface area (Å²) in [6, 6.07) is 7.32. The van der Waals surface area contributed by atoms with E-state index in [0.29, 0.717) is 23.8 Å². The van der Waals surface area contributed by atoms with Gasteiger partial charge in [-0.3, -0.25) is 0 Å². The Bertz CT molecular complexity index is 923. The second-order valence-corrected chi connectivity index (χ2v) is 6.32. The van der Waals surface area contributed by atoms with Gasteiger partial charge >= 0.3 is 6.03 Å². The zero-order valence-electron chi connectivity index (χ0n) is 16.2. The molecule has 2 aromatic rings.